The first-order valence-electron chi connectivity index (χ1n) is 6.95. The molecule has 0 aliphatic rings. The summed E-state index contributed by atoms with van der Waals surface area (Å²) < 4.78 is 6.61. The Kier molecular flexibility index (Phi) is 4.00. The number of benzene rings is 1. The quantitative estimate of drug-likeness (QED) is 0.698. The van der Waals surface area contributed by atoms with Crippen molar-refractivity contribution in [2.75, 3.05) is 5.73 Å². The van der Waals surface area contributed by atoms with E-state index in [2.05, 4.69) is 20.5 Å². The van der Waals surface area contributed by atoms with E-state index in [1.54, 1.807) is 0 Å². The van der Waals surface area contributed by atoms with Crippen LogP contribution in [0.25, 0.3) is 23.0 Å². The number of carboxylic acid groups (broad SMARTS) is 1. The smallest absolute Gasteiger partial charge is 0.303 e. The Morgan fingerprint density at radius 2 is 2.09 bits per heavy atom. The van der Waals surface area contributed by atoms with Gasteiger partial charge in [-0.15, -0.1) is 5.10 Å². The number of rotatable bonds is 6. The highest BCUT2D eigenvalue weighted by molar-refractivity contribution is 5.66. The van der Waals surface area contributed by atoms with E-state index < -0.39 is 5.97 Å². The number of carbonyl (C=O) groups is 1. The first kappa shape index (κ1) is 14.7. The van der Waals surface area contributed by atoms with E-state index in [9.17, 15) is 4.79 Å². The molecule has 3 N–H and O–H groups in total. The van der Waals surface area contributed by atoms with Gasteiger partial charge in [0.15, 0.2) is 11.5 Å². The molecule has 0 saturated heterocycles. The van der Waals surface area contributed by atoms with Gasteiger partial charge in [-0.1, -0.05) is 40.7 Å². The molecule has 2 aromatic heterocycles. The zero-order chi connectivity index (χ0) is 16.2. The van der Waals surface area contributed by atoms with Crippen LogP contribution in [0.15, 0.2) is 34.9 Å². The average Bonchev–Trinajstić information content (AvgIpc) is 3.16. The largest absolute Gasteiger partial charge is 0.481 e. The highest BCUT2D eigenvalue weighted by Crippen LogP contribution is 2.24. The van der Waals surface area contributed by atoms with Gasteiger partial charge >= 0.3 is 5.97 Å². The van der Waals surface area contributed by atoms with Crippen LogP contribution < -0.4 is 5.73 Å². The molecule has 0 amide bonds. The monoisotopic (exact) mass is 314 g/mol. The summed E-state index contributed by atoms with van der Waals surface area (Å²) in [5.41, 5.74) is 7.06. The minimum atomic E-state index is -0.867. The number of hydrogen-bond donors (Lipinski definition) is 2. The highest BCUT2D eigenvalue weighted by Gasteiger charge is 2.18. The van der Waals surface area contributed by atoms with E-state index in [1.165, 1.54) is 4.68 Å². The van der Waals surface area contributed by atoms with Crippen molar-refractivity contribution in [1.82, 2.24) is 25.1 Å². The Hall–Kier alpha value is -3.23. The van der Waals surface area contributed by atoms with Crippen molar-refractivity contribution in [1.29, 1.82) is 0 Å². The number of hydrogen-bond acceptors (Lipinski definition) is 7. The maximum Gasteiger partial charge on any atom is 0.303 e. The van der Waals surface area contributed by atoms with Crippen LogP contribution in [0.2, 0.25) is 0 Å². The predicted octanol–water partition coefficient (Wildman–Crippen LogP) is 1.44. The summed E-state index contributed by atoms with van der Waals surface area (Å²) in [6.45, 7) is 0.352. The third-order valence-electron chi connectivity index (χ3n) is 3.19. The third-order valence-corrected chi connectivity index (χ3v) is 3.19. The van der Waals surface area contributed by atoms with Crippen LogP contribution in [0.3, 0.4) is 0 Å². The molecule has 0 unspecified atom stereocenters. The van der Waals surface area contributed by atoms with Gasteiger partial charge in [-0.2, -0.15) is 4.98 Å². The number of aryl methyl sites for hydroxylation is 1. The maximum atomic E-state index is 10.5. The average molecular weight is 314 g/mol. The molecule has 0 saturated carbocycles. The molecule has 3 aromatic rings. The molecule has 0 fully saturated rings. The van der Waals surface area contributed by atoms with Crippen molar-refractivity contribution in [2.24, 2.45) is 0 Å². The molecule has 0 spiro atoms. The molecule has 1 aromatic carbocycles. The van der Waals surface area contributed by atoms with Crippen molar-refractivity contribution >= 4 is 11.8 Å². The summed E-state index contributed by atoms with van der Waals surface area (Å²) in [4.78, 5) is 14.8. The molecule has 9 heteroatoms. The second-order valence-corrected chi connectivity index (χ2v) is 4.83. The number of aromatic nitrogens is 5. The van der Waals surface area contributed by atoms with Crippen molar-refractivity contribution in [3.63, 3.8) is 0 Å². The van der Waals surface area contributed by atoms with Crippen LogP contribution in [0.4, 0.5) is 5.82 Å². The zero-order valence-corrected chi connectivity index (χ0v) is 12.1. The van der Waals surface area contributed by atoms with Gasteiger partial charge in [0.05, 0.1) is 0 Å². The lowest BCUT2D eigenvalue weighted by atomic mass is 10.2. The summed E-state index contributed by atoms with van der Waals surface area (Å²) in [5.74, 6) is -0.00164. The lowest BCUT2D eigenvalue weighted by Gasteiger charge is -2.00. The molecule has 0 atom stereocenters. The minimum Gasteiger partial charge on any atom is -0.481 e. The minimum absolute atomic E-state index is 0.0351. The SMILES string of the molecule is Nc1c(-c2nc(-c3ccccc3)no2)nnn1CCCC(=O)O. The summed E-state index contributed by atoms with van der Waals surface area (Å²) in [6, 6.07) is 9.36. The van der Waals surface area contributed by atoms with Crippen LogP contribution in [-0.2, 0) is 11.3 Å². The van der Waals surface area contributed by atoms with Gasteiger partial charge in [0.1, 0.15) is 0 Å². The lowest BCUT2D eigenvalue weighted by Crippen LogP contribution is -2.07. The zero-order valence-electron chi connectivity index (χ0n) is 12.1. The molecular formula is C14H14N6O3. The second-order valence-electron chi connectivity index (χ2n) is 4.83. The lowest BCUT2D eigenvalue weighted by molar-refractivity contribution is -0.137. The Morgan fingerprint density at radius 1 is 1.30 bits per heavy atom. The molecule has 23 heavy (non-hydrogen) atoms. The molecule has 0 bridgehead atoms. The van der Waals surface area contributed by atoms with Crippen LogP contribution >= 0.6 is 0 Å². The van der Waals surface area contributed by atoms with E-state index in [0.717, 1.165) is 5.56 Å². The normalized spacial score (nSPS) is 10.8. The standard InChI is InChI=1S/C14H14N6O3/c15-12-11(17-19-20(12)8-4-7-10(21)22)14-16-13(18-23-14)9-5-2-1-3-6-9/h1-3,5-6H,4,7-8,15H2,(H,21,22). The highest BCUT2D eigenvalue weighted by atomic mass is 16.5. The molecule has 0 aliphatic heterocycles. The Morgan fingerprint density at radius 3 is 2.83 bits per heavy atom. The van der Waals surface area contributed by atoms with Crippen LogP contribution in [0, 0.1) is 0 Å². The van der Waals surface area contributed by atoms with E-state index in [1.807, 2.05) is 30.3 Å². The van der Waals surface area contributed by atoms with Crippen LogP contribution in [0.1, 0.15) is 12.8 Å². The van der Waals surface area contributed by atoms with Gasteiger partial charge in [0.2, 0.25) is 5.82 Å². The van der Waals surface area contributed by atoms with Gasteiger partial charge in [-0.3, -0.25) is 4.79 Å². The molecular weight excluding hydrogens is 300 g/mol. The second kappa shape index (κ2) is 6.26. The van der Waals surface area contributed by atoms with Crippen LogP contribution in [0.5, 0.6) is 0 Å². The Labute approximate surface area is 130 Å². The first-order chi connectivity index (χ1) is 11.1. The van der Waals surface area contributed by atoms with Crippen molar-refractivity contribution in [3.05, 3.63) is 30.3 Å². The van der Waals surface area contributed by atoms with E-state index in [0.29, 0.717) is 18.8 Å². The van der Waals surface area contributed by atoms with Crippen molar-refractivity contribution in [2.45, 2.75) is 19.4 Å². The van der Waals surface area contributed by atoms with Crippen molar-refractivity contribution < 1.29 is 14.4 Å². The molecule has 0 radical (unpaired) electrons. The molecule has 2 heterocycles. The number of anilines is 1. The number of aliphatic carboxylic acids is 1. The molecule has 118 valence electrons. The number of carboxylic acids is 1. The van der Waals surface area contributed by atoms with Gasteiger partial charge in [0, 0.05) is 18.5 Å². The number of nitrogens with two attached hydrogens (primary N) is 1. The molecule has 3 rings (SSSR count). The fourth-order valence-corrected chi connectivity index (χ4v) is 2.04. The molecule has 9 nitrogen and oxygen atoms in total. The van der Waals surface area contributed by atoms with E-state index >= 15 is 0 Å². The number of nitrogens with zero attached hydrogens (tertiary/aromatic N) is 5. The Bertz CT molecular complexity index is 811. The summed E-state index contributed by atoms with van der Waals surface area (Å²) in [6.07, 6.45) is 0.439. The van der Waals surface area contributed by atoms with Gasteiger partial charge < -0.3 is 15.4 Å². The van der Waals surface area contributed by atoms with E-state index in [4.69, 9.17) is 15.4 Å². The summed E-state index contributed by atoms with van der Waals surface area (Å²) in [7, 11) is 0. The number of nitrogen functional groups attached to an aromatic ring is 1. The maximum absolute atomic E-state index is 10.5. The fraction of sp³-hybridized carbons (Fsp3) is 0.214. The van der Waals surface area contributed by atoms with Crippen LogP contribution in [-0.4, -0.2) is 36.2 Å². The fourth-order valence-electron chi connectivity index (χ4n) is 2.04. The van der Waals surface area contributed by atoms with E-state index in [-0.39, 0.29) is 23.8 Å². The topological polar surface area (TPSA) is 133 Å². The van der Waals surface area contributed by atoms with Gasteiger partial charge in [-0.05, 0) is 6.42 Å². The van der Waals surface area contributed by atoms with Gasteiger partial charge in [-0.25, -0.2) is 4.68 Å². The van der Waals surface area contributed by atoms with Gasteiger partial charge in [0.25, 0.3) is 5.89 Å². The summed E-state index contributed by atoms with van der Waals surface area (Å²) in [5, 5.41) is 20.4. The third kappa shape index (κ3) is 3.18. The Balaban J connectivity index is 1.79. The molecule has 0 aliphatic carbocycles. The van der Waals surface area contributed by atoms with Crippen molar-refractivity contribution in [3.8, 4) is 23.0 Å². The first-order valence-corrected chi connectivity index (χ1v) is 6.95. The predicted molar refractivity (Wildman–Crippen MR) is 80.0 cm³/mol. The summed E-state index contributed by atoms with van der Waals surface area (Å²) >= 11 is 0.